The number of halogens is 1. The lowest BCUT2D eigenvalue weighted by molar-refractivity contribution is 0.703. The van der Waals surface area contributed by atoms with Gasteiger partial charge in [0.15, 0.2) is 8.24 Å². The second-order valence-corrected chi connectivity index (χ2v) is 14.3. The summed E-state index contributed by atoms with van der Waals surface area (Å²) in [5.41, 5.74) is 5.27. The molecule has 0 aliphatic carbocycles. The lowest BCUT2D eigenvalue weighted by atomic mass is 10.0. The molecule has 0 unspecified atom stereocenters. The molecular weight excluding hydrogens is 374 g/mol. The molecule has 3 heteroatoms. The van der Waals surface area contributed by atoms with Gasteiger partial charge in [0.2, 0.25) is 0 Å². The number of aryl methyl sites for hydroxylation is 1. The van der Waals surface area contributed by atoms with Crippen molar-refractivity contribution in [3.63, 3.8) is 0 Å². The van der Waals surface area contributed by atoms with Gasteiger partial charge in [0.1, 0.15) is 0 Å². The van der Waals surface area contributed by atoms with Crippen LogP contribution in [0.5, 0.6) is 0 Å². The van der Waals surface area contributed by atoms with E-state index in [4.69, 9.17) is 0 Å². The van der Waals surface area contributed by atoms with E-state index in [0.29, 0.717) is 0 Å². The van der Waals surface area contributed by atoms with Crippen LogP contribution in [0.25, 0.3) is 22.0 Å². The molecule has 0 saturated heterocycles. The third-order valence-electron chi connectivity index (χ3n) is 5.57. The summed E-state index contributed by atoms with van der Waals surface area (Å²) in [4.78, 5) is 0. The average molecular weight is 400 g/mol. The van der Waals surface area contributed by atoms with E-state index < -0.39 is 8.24 Å². The number of nitrogens with zero attached hydrogens (tertiary/aromatic N) is 1. The fourth-order valence-electron chi connectivity index (χ4n) is 2.99. The van der Waals surface area contributed by atoms with E-state index in [0.717, 1.165) is 4.47 Å². The van der Waals surface area contributed by atoms with Crippen molar-refractivity contribution in [3.05, 3.63) is 58.7 Å². The zero-order chi connectivity index (χ0) is 17.7. The molecule has 2 aromatic carbocycles. The van der Waals surface area contributed by atoms with Gasteiger partial charge in [-0.15, -0.1) is 0 Å². The van der Waals surface area contributed by atoms with Gasteiger partial charge in [-0.05, 0) is 29.7 Å². The molecule has 0 spiro atoms. The molecule has 1 nitrogen and oxygen atoms in total. The van der Waals surface area contributed by atoms with E-state index in [1.54, 1.807) is 0 Å². The first kappa shape index (κ1) is 17.5. The average Bonchev–Trinajstić information content (AvgIpc) is 2.86. The quantitative estimate of drug-likeness (QED) is 0.400. The summed E-state index contributed by atoms with van der Waals surface area (Å²) in [6.45, 7) is 14.2. The summed E-state index contributed by atoms with van der Waals surface area (Å²) < 4.78 is 3.73. The van der Waals surface area contributed by atoms with Crippen molar-refractivity contribution >= 4 is 35.1 Å². The van der Waals surface area contributed by atoms with E-state index in [-0.39, 0.29) is 5.04 Å². The van der Waals surface area contributed by atoms with Gasteiger partial charge in [-0.1, -0.05) is 85.7 Å². The Morgan fingerprint density at radius 2 is 1.58 bits per heavy atom. The minimum absolute atomic E-state index is 0.284. The second-order valence-electron chi connectivity index (χ2n) is 8.25. The molecule has 0 aliphatic heterocycles. The summed E-state index contributed by atoms with van der Waals surface area (Å²) in [6.07, 6.45) is 2.39. The highest BCUT2D eigenvalue weighted by atomic mass is 79.9. The van der Waals surface area contributed by atoms with E-state index in [1.807, 2.05) is 0 Å². The Balaban J connectivity index is 2.32. The lowest BCUT2D eigenvalue weighted by Crippen LogP contribution is -2.44. The zero-order valence-corrected chi connectivity index (χ0v) is 18.0. The van der Waals surface area contributed by atoms with Crippen LogP contribution in [0, 0.1) is 6.92 Å². The van der Waals surface area contributed by atoms with Gasteiger partial charge < -0.3 is 4.23 Å². The first-order chi connectivity index (χ1) is 11.1. The van der Waals surface area contributed by atoms with Crippen LogP contribution >= 0.6 is 15.9 Å². The largest absolute Gasteiger partial charge is 0.373 e. The number of rotatable bonds is 2. The maximum absolute atomic E-state index is 3.66. The van der Waals surface area contributed by atoms with Crippen LogP contribution in [0.3, 0.4) is 0 Å². The van der Waals surface area contributed by atoms with E-state index >= 15 is 0 Å². The lowest BCUT2D eigenvalue weighted by Gasteiger charge is -2.38. The molecule has 3 rings (SSSR count). The Labute approximate surface area is 154 Å². The summed E-state index contributed by atoms with van der Waals surface area (Å²) in [7, 11) is -1.70. The van der Waals surface area contributed by atoms with Crippen molar-refractivity contribution in [1.82, 2.24) is 4.23 Å². The summed E-state index contributed by atoms with van der Waals surface area (Å²) >= 11 is 3.66. The Hall–Kier alpha value is -1.32. The smallest absolute Gasteiger partial charge is 0.161 e. The summed E-state index contributed by atoms with van der Waals surface area (Å²) in [6, 6.07) is 15.5. The Morgan fingerprint density at radius 1 is 0.958 bits per heavy atom. The van der Waals surface area contributed by atoms with Gasteiger partial charge in [0.05, 0.1) is 0 Å². The van der Waals surface area contributed by atoms with Crippen LogP contribution < -0.4 is 0 Å². The number of fused-ring (bicyclic) bond motifs is 1. The molecule has 0 saturated carbocycles. The van der Waals surface area contributed by atoms with Gasteiger partial charge in [0.25, 0.3) is 0 Å². The Morgan fingerprint density at radius 3 is 2.17 bits per heavy atom. The molecular formula is C21H26BrNSi. The Bertz CT molecular complexity index is 883. The maximum Gasteiger partial charge on any atom is 0.161 e. The van der Waals surface area contributed by atoms with Crippen molar-refractivity contribution in [2.45, 2.75) is 45.8 Å². The fraction of sp³-hybridized carbons (Fsp3) is 0.333. The molecule has 0 fully saturated rings. The highest BCUT2D eigenvalue weighted by Gasteiger charge is 2.38. The number of hydrogen-bond donors (Lipinski definition) is 0. The standard InChI is InChI=1S/C21H26BrNSi/c1-15-7-9-16(10-8-15)19-14-23(24(5,6)21(2,3)4)20-13-17(22)11-12-18(19)20/h7-14H,1-6H3. The Kier molecular flexibility index (Phi) is 4.29. The van der Waals surface area contributed by atoms with Crippen molar-refractivity contribution in [2.24, 2.45) is 0 Å². The second kappa shape index (κ2) is 5.89. The number of aromatic nitrogens is 1. The van der Waals surface area contributed by atoms with Crippen molar-refractivity contribution in [3.8, 4) is 11.1 Å². The first-order valence-corrected chi connectivity index (χ1v) is 12.2. The van der Waals surface area contributed by atoms with Crippen molar-refractivity contribution in [2.75, 3.05) is 0 Å². The van der Waals surface area contributed by atoms with Crippen LogP contribution in [0.4, 0.5) is 0 Å². The van der Waals surface area contributed by atoms with E-state index in [9.17, 15) is 0 Å². The fourth-order valence-corrected chi connectivity index (χ4v) is 5.30. The molecule has 0 radical (unpaired) electrons. The van der Waals surface area contributed by atoms with Gasteiger partial charge in [0, 0.05) is 27.1 Å². The number of hydrogen-bond acceptors (Lipinski definition) is 0. The third-order valence-corrected chi connectivity index (χ3v) is 11.3. The van der Waals surface area contributed by atoms with E-state index in [2.05, 4.69) is 110 Å². The van der Waals surface area contributed by atoms with Gasteiger partial charge >= 0.3 is 0 Å². The zero-order valence-electron chi connectivity index (χ0n) is 15.4. The molecule has 1 aromatic heterocycles. The molecule has 0 bridgehead atoms. The predicted octanol–water partition coefficient (Wildman–Crippen LogP) is 7.23. The predicted molar refractivity (Wildman–Crippen MR) is 112 cm³/mol. The molecule has 0 atom stereocenters. The highest BCUT2D eigenvalue weighted by Crippen LogP contribution is 2.42. The molecule has 0 N–H and O–H groups in total. The first-order valence-electron chi connectivity index (χ1n) is 8.49. The SMILES string of the molecule is Cc1ccc(-c2cn([Si](C)(C)C(C)(C)C)c3cc(Br)ccc23)cc1. The third kappa shape index (κ3) is 2.89. The molecule has 0 amide bonds. The topological polar surface area (TPSA) is 4.93 Å². The van der Waals surface area contributed by atoms with Crippen molar-refractivity contribution < 1.29 is 0 Å². The minimum atomic E-state index is -1.70. The van der Waals surface area contributed by atoms with Crippen LogP contribution in [0.15, 0.2) is 53.1 Å². The number of benzene rings is 2. The van der Waals surface area contributed by atoms with Gasteiger partial charge in [-0.3, -0.25) is 0 Å². The van der Waals surface area contributed by atoms with Gasteiger partial charge in [-0.2, -0.15) is 0 Å². The molecule has 126 valence electrons. The molecule has 0 aliphatic rings. The molecule has 1 heterocycles. The monoisotopic (exact) mass is 399 g/mol. The van der Waals surface area contributed by atoms with Crippen LogP contribution in [-0.2, 0) is 0 Å². The molecule has 3 aromatic rings. The van der Waals surface area contributed by atoms with Crippen molar-refractivity contribution in [1.29, 1.82) is 0 Å². The maximum atomic E-state index is 3.66. The minimum Gasteiger partial charge on any atom is -0.373 e. The summed E-state index contributed by atoms with van der Waals surface area (Å²) in [5.74, 6) is 0. The van der Waals surface area contributed by atoms with Crippen LogP contribution in [0.1, 0.15) is 26.3 Å². The normalized spacial score (nSPS) is 12.8. The molecule has 24 heavy (non-hydrogen) atoms. The highest BCUT2D eigenvalue weighted by molar-refractivity contribution is 9.10. The van der Waals surface area contributed by atoms with Crippen LogP contribution in [0.2, 0.25) is 18.1 Å². The summed E-state index contributed by atoms with van der Waals surface area (Å²) in [5, 5.41) is 1.62. The van der Waals surface area contributed by atoms with Crippen LogP contribution in [-0.4, -0.2) is 12.5 Å². The van der Waals surface area contributed by atoms with E-state index in [1.165, 1.54) is 27.6 Å². The van der Waals surface area contributed by atoms with Gasteiger partial charge in [-0.25, -0.2) is 0 Å².